The first kappa shape index (κ1) is 53.3. The number of β-amino-alcohol motifs (C(OH)–C–C–N with tert-alkyl or cyclic N) is 1. The van der Waals surface area contributed by atoms with Gasteiger partial charge in [0, 0.05) is 49.7 Å². The lowest BCUT2D eigenvalue weighted by Gasteiger charge is -2.37. The molecule has 5 fully saturated rings. The summed E-state index contributed by atoms with van der Waals surface area (Å²) in [6, 6.07) is 22.1. The maximum Gasteiger partial charge on any atom is 0.281 e. The topological polar surface area (TPSA) is 168 Å². The van der Waals surface area contributed by atoms with Crippen LogP contribution in [0.25, 0.3) is 27.0 Å². The fourth-order valence-electron chi connectivity index (χ4n) is 14.1. The van der Waals surface area contributed by atoms with Crippen LogP contribution in [-0.4, -0.2) is 129 Å². The standard InChI is InChI=1S/C61H73BrN8O7S/c1-37(2)54(59(74)69-34-44(71)31-51(69)57(72)64-48(35-68-26-28-75-29-27-68)41-12-14-42(15-13-41)56-38(3)63-36-78-56)52-32-53(66-77-52)76-45-17-10-39(11-18-45)33-67-24-20-40(21-25-67)43-16-19-46-50(30-43)70-49-9-7-8-47(62)55(49)58(73)65-60(70)61(46)22-5-4-6-23-61/h7-9,12-16,19,30,32,36-37,39-40,44-45,48,51,54,71H,4-6,10-11,17-18,20-29,31,33-35H2,1-3H3,(H,64,72)/t39?,44-,45?,48+,51+,54-/m1/s1. The Morgan fingerprint density at radius 1 is 0.936 bits per heavy atom. The molecule has 0 unspecified atom stereocenters. The maximum absolute atomic E-state index is 14.6. The molecule has 3 aromatic heterocycles. The molecule has 2 amide bonds. The summed E-state index contributed by atoms with van der Waals surface area (Å²) in [4.78, 5) is 59.5. The summed E-state index contributed by atoms with van der Waals surface area (Å²) < 4.78 is 21.1. The number of carbonyl (C=O) groups excluding carboxylic acids is 2. The lowest BCUT2D eigenvalue weighted by Crippen LogP contribution is -2.50. The number of ether oxygens (including phenoxy) is 2. The number of aliphatic hydroxyl groups excluding tert-OH is 1. The monoisotopic (exact) mass is 1140 g/mol. The SMILES string of the molecule is Cc1ncsc1-c1ccc([C@H](CN2CCOCC2)NC(=O)[C@@H]2C[C@@H](O)CN2C(=O)[C@@H](c2cc(OC3CCC(CN4CCC(c5ccc6c(c5)-n5c(nc(=O)c7c(Br)cccc75)C65CCCCC5)CC4)CC3)no2)C(C)C)cc1. The third-order valence-electron chi connectivity index (χ3n) is 18.2. The van der Waals surface area contributed by atoms with Gasteiger partial charge in [0.2, 0.25) is 11.8 Å². The highest BCUT2D eigenvalue weighted by Crippen LogP contribution is 2.52. The Morgan fingerprint density at radius 3 is 2.44 bits per heavy atom. The van der Waals surface area contributed by atoms with Crippen molar-refractivity contribution in [2.24, 2.45) is 11.8 Å². The van der Waals surface area contributed by atoms with Gasteiger partial charge in [-0.1, -0.05) is 75.6 Å². The van der Waals surface area contributed by atoms with Crippen molar-refractivity contribution < 1.29 is 28.7 Å². The lowest BCUT2D eigenvalue weighted by atomic mass is 9.69. The number of morpholine rings is 1. The molecule has 78 heavy (non-hydrogen) atoms. The minimum atomic E-state index is -0.852. The molecule has 12 rings (SSSR count). The van der Waals surface area contributed by atoms with E-state index in [1.54, 1.807) is 22.3 Å². The zero-order valence-corrected chi connectivity index (χ0v) is 47.6. The first-order chi connectivity index (χ1) is 37.9. The highest BCUT2D eigenvalue weighted by molar-refractivity contribution is 9.10. The van der Waals surface area contributed by atoms with Gasteiger partial charge < -0.3 is 34.2 Å². The van der Waals surface area contributed by atoms with Crippen LogP contribution in [0, 0.1) is 18.8 Å². The Balaban J connectivity index is 0.650. The number of amides is 2. The van der Waals surface area contributed by atoms with Crippen LogP contribution >= 0.6 is 27.3 Å². The molecule has 4 atom stereocenters. The molecule has 3 aromatic carbocycles. The van der Waals surface area contributed by atoms with Gasteiger partial charge in [0.05, 0.1) is 63.4 Å². The Morgan fingerprint density at radius 2 is 1.71 bits per heavy atom. The minimum absolute atomic E-state index is 0.00240. The molecule has 7 heterocycles. The van der Waals surface area contributed by atoms with E-state index in [9.17, 15) is 19.5 Å². The third-order valence-corrected chi connectivity index (χ3v) is 19.9. The Bertz CT molecular complexity index is 3180. The summed E-state index contributed by atoms with van der Waals surface area (Å²) in [6.07, 6.45) is 11.1. The maximum atomic E-state index is 14.6. The predicted molar refractivity (Wildman–Crippen MR) is 304 cm³/mol. The number of carbonyl (C=O) groups is 2. The van der Waals surface area contributed by atoms with Crippen LogP contribution < -0.4 is 15.6 Å². The Hall–Kier alpha value is -5.30. The minimum Gasteiger partial charge on any atom is -0.472 e. The van der Waals surface area contributed by atoms with Crippen LogP contribution in [0.2, 0.25) is 0 Å². The quantitative estimate of drug-likeness (QED) is 0.106. The van der Waals surface area contributed by atoms with Crippen molar-refractivity contribution in [2.45, 2.75) is 139 Å². The average molecular weight is 1140 g/mol. The van der Waals surface area contributed by atoms with Crippen LogP contribution in [0.3, 0.4) is 0 Å². The average Bonchev–Trinajstić information content (AvgIpc) is 4.37. The first-order valence-corrected chi connectivity index (χ1v) is 30.4. The third kappa shape index (κ3) is 10.5. The molecule has 412 valence electrons. The van der Waals surface area contributed by atoms with E-state index in [0.29, 0.717) is 48.6 Å². The molecule has 6 aliphatic rings. The number of aryl methyl sites for hydroxylation is 1. The molecule has 2 saturated carbocycles. The normalized spacial score (nSPS) is 23.6. The summed E-state index contributed by atoms with van der Waals surface area (Å²) in [5.74, 6) is 1.32. The fraction of sp³-hybridized carbons (Fsp3) is 0.541. The van der Waals surface area contributed by atoms with Gasteiger partial charge in [0.15, 0.2) is 5.76 Å². The van der Waals surface area contributed by atoms with Gasteiger partial charge in [-0.25, -0.2) is 4.98 Å². The van der Waals surface area contributed by atoms with Crippen molar-refractivity contribution in [1.82, 2.24) is 39.7 Å². The van der Waals surface area contributed by atoms with Gasteiger partial charge in [0.25, 0.3) is 11.4 Å². The van der Waals surface area contributed by atoms with Crippen LogP contribution in [0.1, 0.15) is 143 Å². The second-order valence-corrected chi connectivity index (χ2v) is 25.2. The molecule has 2 N–H and O–H groups in total. The van der Waals surface area contributed by atoms with Gasteiger partial charge in [-0.3, -0.25) is 23.9 Å². The zero-order chi connectivity index (χ0) is 53.7. The molecule has 0 bridgehead atoms. The number of aromatic nitrogens is 4. The van der Waals surface area contributed by atoms with E-state index in [2.05, 4.69) is 94.3 Å². The predicted octanol–water partition coefficient (Wildman–Crippen LogP) is 9.84. The van der Waals surface area contributed by atoms with Crippen LogP contribution in [0.5, 0.6) is 5.88 Å². The molecular formula is C61H73BrN8O7S. The van der Waals surface area contributed by atoms with Crippen molar-refractivity contribution in [3.05, 3.63) is 121 Å². The van der Waals surface area contributed by atoms with E-state index in [-0.39, 0.29) is 53.8 Å². The van der Waals surface area contributed by atoms with Crippen LogP contribution in [-0.2, 0) is 19.7 Å². The van der Waals surface area contributed by atoms with E-state index in [1.807, 2.05) is 38.4 Å². The lowest BCUT2D eigenvalue weighted by molar-refractivity contribution is -0.141. The number of rotatable bonds is 14. The summed E-state index contributed by atoms with van der Waals surface area (Å²) in [7, 11) is 0. The number of fused-ring (bicyclic) bond motifs is 7. The zero-order valence-electron chi connectivity index (χ0n) is 45.2. The number of halogens is 1. The van der Waals surface area contributed by atoms with Gasteiger partial charge in [-0.05, 0) is 151 Å². The highest BCUT2D eigenvalue weighted by Gasteiger charge is 2.47. The number of hydrogen-bond acceptors (Lipinski definition) is 13. The van der Waals surface area contributed by atoms with Crippen molar-refractivity contribution >= 4 is 50.0 Å². The molecule has 17 heteroatoms. The summed E-state index contributed by atoms with van der Waals surface area (Å²) in [5, 5.41) is 19.3. The van der Waals surface area contributed by atoms with Crippen LogP contribution in [0.15, 0.2) is 86.0 Å². The van der Waals surface area contributed by atoms with E-state index < -0.39 is 18.1 Å². The molecule has 4 aliphatic heterocycles. The fourth-order valence-corrected chi connectivity index (χ4v) is 15.4. The number of likely N-dealkylation sites (tertiary alicyclic amines) is 2. The molecule has 6 aromatic rings. The molecule has 15 nitrogen and oxygen atoms in total. The van der Waals surface area contributed by atoms with Crippen molar-refractivity contribution in [3.63, 3.8) is 0 Å². The van der Waals surface area contributed by atoms with E-state index >= 15 is 0 Å². The number of benzene rings is 3. The summed E-state index contributed by atoms with van der Waals surface area (Å²) in [5.41, 5.74) is 9.40. The molecule has 1 spiro atoms. The first-order valence-electron chi connectivity index (χ1n) is 28.7. The van der Waals surface area contributed by atoms with Gasteiger partial charge in [0.1, 0.15) is 23.9 Å². The number of nitrogens with one attached hydrogen (secondary N) is 1. The molecule has 3 saturated heterocycles. The number of nitrogens with zero attached hydrogens (tertiary/aromatic N) is 7. The second kappa shape index (κ2) is 22.7. The smallest absolute Gasteiger partial charge is 0.281 e. The summed E-state index contributed by atoms with van der Waals surface area (Å²) >= 11 is 5.27. The van der Waals surface area contributed by atoms with Crippen molar-refractivity contribution in [2.75, 3.05) is 59.0 Å². The van der Waals surface area contributed by atoms with Gasteiger partial charge in [-0.15, -0.1) is 11.3 Å². The van der Waals surface area contributed by atoms with Gasteiger partial charge >= 0.3 is 0 Å². The molecule has 0 radical (unpaired) electrons. The van der Waals surface area contributed by atoms with Crippen molar-refractivity contribution in [1.29, 1.82) is 0 Å². The molecular weight excluding hydrogens is 1070 g/mol. The van der Waals surface area contributed by atoms with Crippen molar-refractivity contribution in [3.8, 4) is 22.0 Å². The Labute approximate surface area is 469 Å². The number of hydrogen-bond donors (Lipinski definition) is 2. The number of piperidine rings is 1. The number of aliphatic hydroxyl groups is 1. The second-order valence-electron chi connectivity index (χ2n) is 23.5. The van der Waals surface area contributed by atoms with E-state index in [4.69, 9.17) is 19.0 Å². The van der Waals surface area contributed by atoms with Crippen LogP contribution in [0.4, 0.5) is 0 Å². The molecule has 2 aliphatic carbocycles. The number of thiazole rings is 1. The van der Waals surface area contributed by atoms with E-state index in [1.165, 1.54) is 23.2 Å². The highest BCUT2D eigenvalue weighted by atomic mass is 79.9. The largest absolute Gasteiger partial charge is 0.472 e. The Kier molecular flexibility index (Phi) is 15.5. The summed E-state index contributed by atoms with van der Waals surface area (Å²) in [6.45, 7) is 12.6. The van der Waals surface area contributed by atoms with E-state index in [0.717, 1.165) is 134 Å². The van der Waals surface area contributed by atoms with Gasteiger partial charge in [-0.2, -0.15) is 4.98 Å².